The van der Waals surface area contributed by atoms with Crippen molar-refractivity contribution in [1.29, 1.82) is 10.8 Å². The maximum absolute atomic E-state index is 12.7. The highest BCUT2D eigenvalue weighted by Gasteiger charge is 2.26. The third-order valence-corrected chi connectivity index (χ3v) is 8.22. The minimum atomic E-state index is 0.00987. The summed E-state index contributed by atoms with van der Waals surface area (Å²) in [6.07, 6.45) is 5.49. The first-order valence-corrected chi connectivity index (χ1v) is 14.9. The number of benzene rings is 5. The molecule has 5 aromatic carbocycles. The van der Waals surface area contributed by atoms with Gasteiger partial charge in [-0.25, -0.2) is 0 Å². The van der Waals surface area contributed by atoms with E-state index in [4.69, 9.17) is 16.6 Å². The molecule has 0 bridgehead atoms. The van der Waals surface area contributed by atoms with Crippen molar-refractivity contribution in [2.75, 3.05) is 10.6 Å². The third kappa shape index (κ3) is 5.00. The molecule has 0 spiro atoms. The lowest BCUT2D eigenvalue weighted by atomic mass is 10.0. The summed E-state index contributed by atoms with van der Waals surface area (Å²) < 4.78 is 1.98. The molecular weight excluding hydrogens is 570 g/mol. The molecule has 0 radical (unpaired) electrons. The van der Waals surface area contributed by atoms with E-state index in [9.17, 15) is 9.59 Å². The van der Waals surface area contributed by atoms with Gasteiger partial charge in [-0.05, 0) is 90.5 Å². The Labute approximate surface area is 265 Å². The van der Waals surface area contributed by atoms with E-state index in [-0.39, 0.29) is 22.6 Å². The molecule has 7 heteroatoms. The molecule has 222 valence electrons. The summed E-state index contributed by atoms with van der Waals surface area (Å²) in [5.41, 5.74) is 14.0. The number of Topliss-reactive ketones (excluding diaryl/α,β-unsaturated/α-hetero) is 1. The first-order valence-electron chi connectivity index (χ1n) is 14.9. The lowest BCUT2D eigenvalue weighted by Gasteiger charge is -2.26. The number of hydrogen-bond donors (Lipinski definition) is 3. The van der Waals surface area contributed by atoms with Gasteiger partial charge in [-0.15, -0.1) is 0 Å². The molecule has 0 amide bonds. The fourth-order valence-corrected chi connectivity index (χ4v) is 6.03. The second-order valence-electron chi connectivity index (χ2n) is 11.1. The lowest BCUT2D eigenvalue weighted by Crippen LogP contribution is -2.15. The van der Waals surface area contributed by atoms with E-state index < -0.39 is 0 Å². The van der Waals surface area contributed by atoms with E-state index >= 15 is 0 Å². The molecule has 8 rings (SSSR count). The van der Waals surface area contributed by atoms with Crippen molar-refractivity contribution in [3.63, 3.8) is 0 Å². The second kappa shape index (κ2) is 11.6. The lowest BCUT2D eigenvalue weighted by molar-refractivity contribution is 0.0994. The largest absolute Gasteiger partial charge is 0.399 e. The third-order valence-electron chi connectivity index (χ3n) is 8.22. The molecule has 7 nitrogen and oxygen atoms in total. The van der Waals surface area contributed by atoms with Gasteiger partial charge in [0.25, 0.3) is 0 Å². The molecule has 2 aliphatic rings. The van der Waals surface area contributed by atoms with Crippen LogP contribution in [0, 0.1) is 10.8 Å². The van der Waals surface area contributed by atoms with Crippen molar-refractivity contribution in [1.82, 2.24) is 4.57 Å². The van der Waals surface area contributed by atoms with Crippen LogP contribution in [0.5, 0.6) is 0 Å². The Morgan fingerprint density at radius 2 is 1.20 bits per heavy atom. The fraction of sp³-hybridized carbons (Fsp3) is 0.0256. The van der Waals surface area contributed by atoms with Crippen LogP contribution in [0.15, 0.2) is 144 Å². The summed E-state index contributed by atoms with van der Waals surface area (Å²) in [7, 11) is 0. The van der Waals surface area contributed by atoms with Gasteiger partial charge in [0.05, 0.1) is 28.1 Å². The predicted molar refractivity (Wildman–Crippen MR) is 188 cm³/mol. The summed E-state index contributed by atoms with van der Waals surface area (Å²) in [6, 6.07) is 38.5. The number of carbonyl (C=O) groups excluding carboxylic acids is 1. The molecule has 1 aliphatic heterocycles. The van der Waals surface area contributed by atoms with Gasteiger partial charge >= 0.3 is 0 Å². The summed E-state index contributed by atoms with van der Waals surface area (Å²) in [6.45, 7) is 0. The average Bonchev–Trinajstić information content (AvgIpc) is 3.21. The Bertz CT molecular complexity index is 2270. The molecule has 1 aliphatic carbocycles. The summed E-state index contributed by atoms with van der Waals surface area (Å²) in [5.74, 6) is 0.144. The van der Waals surface area contributed by atoms with Gasteiger partial charge in [-0.1, -0.05) is 54.6 Å². The van der Waals surface area contributed by atoms with Crippen molar-refractivity contribution in [3.05, 3.63) is 161 Å². The highest BCUT2D eigenvalue weighted by atomic mass is 16.1. The van der Waals surface area contributed by atoms with Crippen molar-refractivity contribution in [2.24, 2.45) is 0 Å². The number of carbonyl (C=O) groups is 1. The molecule has 0 fully saturated rings. The molecule has 0 atom stereocenters. The molecule has 4 N–H and O–H groups in total. The van der Waals surface area contributed by atoms with Crippen LogP contribution in [0.2, 0.25) is 0 Å². The van der Waals surface area contributed by atoms with E-state index in [2.05, 4.69) is 11.0 Å². The van der Waals surface area contributed by atoms with Gasteiger partial charge in [0.2, 0.25) is 0 Å². The number of nitrogens with two attached hydrogens (primary N) is 1. The standard InChI is InChI=1S/C20H16N2O.C19H13N3O/c21-15-9-11-16(12-10-15)22-18-7-3-1-5-14(18)13-20(23)17-6-2-4-8-19(17)22;20-15-10-9-12(11-16(15)21)22-17-7-3-1-5-13(17)19(23)14-6-2-4-8-18(14)22/h1-12H,13,21H2;1-11,20-21H. The SMILES string of the molecule is N=C1C=CC(n2c3ccccc3c(=O)c3ccccc32)=CC1=N.Nc1ccc(N2c3ccccc3CC(=O)c3ccccc32)cc1. The van der Waals surface area contributed by atoms with Crippen molar-refractivity contribution < 1.29 is 4.79 Å². The fourth-order valence-electron chi connectivity index (χ4n) is 6.03. The maximum Gasteiger partial charge on any atom is 0.197 e. The van der Waals surface area contributed by atoms with Crippen LogP contribution in [0.4, 0.5) is 22.7 Å². The molecule has 6 aromatic rings. The van der Waals surface area contributed by atoms with Crippen molar-refractivity contribution in [3.8, 4) is 0 Å². The highest BCUT2D eigenvalue weighted by molar-refractivity contribution is 6.50. The number of rotatable bonds is 2. The van der Waals surface area contributed by atoms with Gasteiger partial charge in [-0.2, -0.15) is 0 Å². The van der Waals surface area contributed by atoms with E-state index in [1.165, 1.54) is 0 Å². The number of allylic oxidation sites excluding steroid dienone is 4. The monoisotopic (exact) mass is 599 g/mol. The van der Waals surface area contributed by atoms with Crippen LogP contribution in [0.25, 0.3) is 27.5 Å². The quantitative estimate of drug-likeness (QED) is 0.106. The molecule has 0 saturated carbocycles. The number of ketones is 1. The highest BCUT2D eigenvalue weighted by Crippen LogP contribution is 2.41. The van der Waals surface area contributed by atoms with Gasteiger partial charge < -0.3 is 15.2 Å². The predicted octanol–water partition coefficient (Wildman–Crippen LogP) is 8.08. The summed E-state index contributed by atoms with van der Waals surface area (Å²) in [4.78, 5) is 27.5. The van der Waals surface area contributed by atoms with Crippen LogP contribution in [0.1, 0.15) is 15.9 Å². The number of aromatic nitrogens is 1. The van der Waals surface area contributed by atoms with Crippen LogP contribution in [0.3, 0.4) is 0 Å². The Balaban J connectivity index is 0.000000147. The van der Waals surface area contributed by atoms with E-state index in [0.29, 0.717) is 17.2 Å². The van der Waals surface area contributed by atoms with E-state index in [0.717, 1.165) is 50.6 Å². The smallest absolute Gasteiger partial charge is 0.197 e. The van der Waals surface area contributed by atoms with Crippen LogP contribution in [-0.4, -0.2) is 21.8 Å². The minimum Gasteiger partial charge on any atom is -0.399 e. The zero-order valence-electron chi connectivity index (χ0n) is 24.8. The van der Waals surface area contributed by atoms with E-state index in [1.807, 2.05) is 126 Å². The Kier molecular flexibility index (Phi) is 7.19. The van der Waals surface area contributed by atoms with Gasteiger partial charge in [-0.3, -0.25) is 20.4 Å². The molecule has 0 saturated heterocycles. The number of hydrogen-bond acceptors (Lipinski definition) is 6. The number of fused-ring (bicyclic) bond motifs is 4. The van der Waals surface area contributed by atoms with Crippen molar-refractivity contribution in [2.45, 2.75) is 6.42 Å². The first-order chi connectivity index (χ1) is 22.4. The summed E-state index contributed by atoms with van der Waals surface area (Å²) in [5, 5.41) is 16.9. The number of anilines is 4. The van der Waals surface area contributed by atoms with Crippen LogP contribution < -0.4 is 16.1 Å². The number of nitrogens with zero attached hydrogens (tertiary/aromatic N) is 2. The normalized spacial score (nSPS) is 13.9. The Hall–Kier alpha value is -6.34. The second-order valence-corrected chi connectivity index (χ2v) is 11.1. The zero-order valence-corrected chi connectivity index (χ0v) is 24.8. The topological polar surface area (TPSA) is 116 Å². The van der Waals surface area contributed by atoms with Crippen LogP contribution in [-0.2, 0) is 6.42 Å². The summed E-state index contributed by atoms with van der Waals surface area (Å²) >= 11 is 0. The van der Waals surface area contributed by atoms with Crippen molar-refractivity contribution >= 4 is 67.5 Å². The number of para-hydroxylation sites is 4. The Morgan fingerprint density at radius 1 is 0.609 bits per heavy atom. The molecule has 1 aromatic heterocycles. The maximum atomic E-state index is 12.7. The number of nitrogen functional groups attached to an aromatic ring is 1. The Morgan fingerprint density at radius 3 is 1.87 bits per heavy atom. The molecule has 46 heavy (non-hydrogen) atoms. The van der Waals surface area contributed by atoms with Gasteiger partial charge in [0.15, 0.2) is 11.2 Å². The van der Waals surface area contributed by atoms with Gasteiger partial charge in [0.1, 0.15) is 0 Å². The molecular formula is C39H29N5O2. The van der Waals surface area contributed by atoms with E-state index in [1.54, 1.807) is 12.2 Å². The molecule has 2 heterocycles. The van der Waals surface area contributed by atoms with Gasteiger partial charge in [0, 0.05) is 45.5 Å². The number of nitrogens with one attached hydrogen (secondary N) is 2. The first kappa shape index (κ1) is 28.4. The average molecular weight is 600 g/mol. The number of pyridine rings is 1. The molecule has 0 unspecified atom stereocenters. The zero-order chi connectivity index (χ0) is 31.8. The van der Waals surface area contributed by atoms with Crippen LogP contribution >= 0.6 is 0 Å². The minimum absolute atomic E-state index is 0.00987.